The average Bonchev–Trinajstić information content (AvgIpc) is 2.31. The van der Waals surface area contributed by atoms with Gasteiger partial charge in [-0.15, -0.1) is 11.8 Å². The first-order valence-corrected chi connectivity index (χ1v) is 7.25. The zero-order valence-electron chi connectivity index (χ0n) is 10.8. The Morgan fingerprint density at radius 2 is 2.06 bits per heavy atom. The van der Waals surface area contributed by atoms with Crippen LogP contribution < -0.4 is 5.32 Å². The van der Waals surface area contributed by atoms with E-state index < -0.39 is 0 Å². The second kappa shape index (κ2) is 8.56. The van der Waals surface area contributed by atoms with Crippen molar-refractivity contribution in [1.29, 1.82) is 0 Å². The molecule has 0 amide bonds. The van der Waals surface area contributed by atoms with Gasteiger partial charge in [-0.25, -0.2) is 0 Å². The van der Waals surface area contributed by atoms with Gasteiger partial charge in [-0.1, -0.05) is 32.0 Å². The maximum atomic E-state index is 8.79. The molecule has 0 heterocycles. The molecule has 0 atom stereocenters. The van der Waals surface area contributed by atoms with E-state index in [9.17, 15) is 0 Å². The second-order valence-corrected chi connectivity index (χ2v) is 5.69. The van der Waals surface area contributed by atoms with Crippen molar-refractivity contribution in [2.75, 3.05) is 18.9 Å². The van der Waals surface area contributed by atoms with Crippen LogP contribution >= 0.6 is 11.8 Å². The second-order valence-electron chi connectivity index (χ2n) is 4.56. The summed E-state index contributed by atoms with van der Waals surface area (Å²) in [4.78, 5) is 1.33. The molecule has 0 bridgehead atoms. The van der Waals surface area contributed by atoms with Crippen molar-refractivity contribution in [2.45, 2.75) is 31.7 Å². The minimum atomic E-state index is 0.279. The number of hydrogen-bond acceptors (Lipinski definition) is 3. The Balaban J connectivity index is 2.46. The van der Waals surface area contributed by atoms with Crippen LogP contribution in [0.3, 0.4) is 0 Å². The van der Waals surface area contributed by atoms with Gasteiger partial charge in [0.15, 0.2) is 0 Å². The molecule has 0 fully saturated rings. The first-order chi connectivity index (χ1) is 8.24. The van der Waals surface area contributed by atoms with Crippen LogP contribution in [0.25, 0.3) is 0 Å². The third-order valence-corrected chi connectivity index (χ3v) is 3.60. The van der Waals surface area contributed by atoms with Gasteiger partial charge in [-0.3, -0.25) is 0 Å². The third kappa shape index (κ3) is 6.10. The molecule has 0 aliphatic carbocycles. The number of aliphatic hydroxyl groups is 1. The fourth-order valence-corrected chi connectivity index (χ4v) is 2.53. The number of thioether (sulfide) groups is 1. The Morgan fingerprint density at radius 1 is 1.29 bits per heavy atom. The molecular formula is C14H23NOS. The highest BCUT2D eigenvalue weighted by molar-refractivity contribution is 7.99. The smallest absolute Gasteiger partial charge is 0.0439 e. The highest BCUT2D eigenvalue weighted by Gasteiger charge is 2.02. The van der Waals surface area contributed by atoms with E-state index in [1.165, 1.54) is 10.5 Å². The molecular weight excluding hydrogens is 230 g/mol. The number of nitrogens with one attached hydrogen (secondary N) is 1. The van der Waals surface area contributed by atoms with Crippen LogP contribution in [0.15, 0.2) is 29.2 Å². The Labute approximate surface area is 109 Å². The van der Waals surface area contributed by atoms with Gasteiger partial charge in [0.25, 0.3) is 0 Å². The normalized spacial score (nSPS) is 11.1. The summed E-state index contributed by atoms with van der Waals surface area (Å²) in [5.41, 5.74) is 1.36. The molecule has 0 radical (unpaired) electrons. The summed E-state index contributed by atoms with van der Waals surface area (Å²) >= 11 is 1.83. The van der Waals surface area contributed by atoms with Crippen molar-refractivity contribution in [2.24, 2.45) is 5.92 Å². The van der Waals surface area contributed by atoms with Crippen molar-refractivity contribution in [1.82, 2.24) is 5.32 Å². The number of hydrogen-bond donors (Lipinski definition) is 2. The fourth-order valence-electron chi connectivity index (χ4n) is 1.53. The molecule has 0 aliphatic heterocycles. The van der Waals surface area contributed by atoms with Crippen molar-refractivity contribution < 1.29 is 5.11 Å². The zero-order chi connectivity index (χ0) is 12.5. The molecule has 2 nitrogen and oxygen atoms in total. The Kier molecular flexibility index (Phi) is 7.33. The number of aliphatic hydroxyl groups excluding tert-OH is 1. The summed E-state index contributed by atoms with van der Waals surface area (Å²) < 4.78 is 0. The molecule has 0 saturated carbocycles. The summed E-state index contributed by atoms with van der Waals surface area (Å²) in [7, 11) is 0. The largest absolute Gasteiger partial charge is 0.396 e. The summed E-state index contributed by atoms with van der Waals surface area (Å²) in [6.07, 6.45) is 0.860. The van der Waals surface area contributed by atoms with Gasteiger partial charge in [0.1, 0.15) is 0 Å². The van der Waals surface area contributed by atoms with Gasteiger partial charge in [0.05, 0.1) is 0 Å². The average molecular weight is 253 g/mol. The van der Waals surface area contributed by atoms with Crippen molar-refractivity contribution in [3.05, 3.63) is 29.8 Å². The minimum absolute atomic E-state index is 0.279. The summed E-state index contributed by atoms with van der Waals surface area (Å²) in [6.45, 7) is 6.70. The maximum Gasteiger partial charge on any atom is 0.0439 e. The third-order valence-electron chi connectivity index (χ3n) is 2.40. The quantitative estimate of drug-likeness (QED) is 0.552. The predicted molar refractivity (Wildman–Crippen MR) is 75.4 cm³/mol. The van der Waals surface area contributed by atoms with Crippen molar-refractivity contribution >= 4 is 11.8 Å². The molecule has 2 N–H and O–H groups in total. The Morgan fingerprint density at radius 3 is 2.76 bits per heavy atom. The molecule has 1 aromatic rings. The molecule has 17 heavy (non-hydrogen) atoms. The van der Waals surface area contributed by atoms with E-state index in [0.29, 0.717) is 5.92 Å². The molecule has 0 aromatic heterocycles. The van der Waals surface area contributed by atoms with E-state index in [-0.39, 0.29) is 6.61 Å². The fraction of sp³-hybridized carbons (Fsp3) is 0.571. The van der Waals surface area contributed by atoms with Crippen molar-refractivity contribution in [3.63, 3.8) is 0 Å². The van der Waals surface area contributed by atoms with Crippen LogP contribution in [0.5, 0.6) is 0 Å². The van der Waals surface area contributed by atoms with Gasteiger partial charge in [0.2, 0.25) is 0 Å². The van der Waals surface area contributed by atoms with Crippen LogP contribution in [0, 0.1) is 5.92 Å². The van der Waals surface area contributed by atoms with Crippen LogP contribution in [0.1, 0.15) is 25.8 Å². The predicted octanol–water partition coefficient (Wildman–Crippen LogP) is 2.91. The van der Waals surface area contributed by atoms with Gasteiger partial charge < -0.3 is 10.4 Å². The van der Waals surface area contributed by atoms with Crippen LogP contribution in [0.2, 0.25) is 0 Å². The Hall–Kier alpha value is -0.510. The van der Waals surface area contributed by atoms with Crippen LogP contribution in [-0.4, -0.2) is 24.0 Å². The lowest BCUT2D eigenvalue weighted by atomic mass is 10.2. The minimum Gasteiger partial charge on any atom is -0.396 e. The van der Waals surface area contributed by atoms with Gasteiger partial charge in [0, 0.05) is 23.8 Å². The van der Waals surface area contributed by atoms with E-state index in [4.69, 9.17) is 5.11 Å². The van der Waals surface area contributed by atoms with Crippen LogP contribution in [0.4, 0.5) is 0 Å². The molecule has 96 valence electrons. The first-order valence-electron chi connectivity index (χ1n) is 6.26. The highest BCUT2D eigenvalue weighted by atomic mass is 32.2. The lowest BCUT2D eigenvalue weighted by Crippen LogP contribution is -2.19. The first kappa shape index (κ1) is 14.6. The lowest BCUT2D eigenvalue weighted by Gasteiger charge is -2.11. The highest BCUT2D eigenvalue weighted by Crippen LogP contribution is 2.23. The molecule has 0 spiro atoms. The summed E-state index contributed by atoms with van der Waals surface area (Å²) in [5.74, 6) is 1.67. The molecule has 0 saturated heterocycles. The molecule has 0 aliphatic rings. The zero-order valence-corrected chi connectivity index (χ0v) is 11.6. The number of rotatable bonds is 8. The van der Waals surface area contributed by atoms with E-state index >= 15 is 0 Å². The van der Waals surface area contributed by atoms with E-state index in [1.807, 2.05) is 11.8 Å². The molecule has 3 heteroatoms. The van der Waals surface area contributed by atoms with Gasteiger partial charge in [-0.05, 0) is 30.5 Å². The van der Waals surface area contributed by atoms with Crippen molar-refractivity contribution in [3.8, 4) is 0 Å². The van der Waals surface area contributed by atoms with E-state index in [1.54, 1.807) is 0 Å². The summed E-state index contributed by atoms with van der Waals surface area (Å²) in [6, 6.07) is 8.50. The Bertz CT molecular complexity index is 315. The van der Waals surface area contributed by atoms with Gasteiger partial charge >= 0.3 is 0 Å². The maximum absolute atomic E-state index is 8.79. The van der Waals surface area contributed by atoms with Crippen LogP contribution in [-0.2, 0) is 6.54 Å². The molecule has 1 rings (SSSR count). The SMILES string of the molecule is CC(C)CNCc1ccccc1SCCCO. The molecule has 0 unspecified atom stereocenters. The lowest BCUT2D eigenvalue weighted by molar-refractivity contribution is 0.296. The topological polar surface area (TPSA) is 32.3 Å². The van der Waals surface area contributed by atoms with E-state index in [0.717, 1.165) is 25.3 Å². The number of benzene rings is 1. The standard InChI is InChI=1S/C14H23NOS/c1-12(2)10-15-11-13-6-3-4-7-14(13)17-9-5-8-16/h3-4,6-7,12,15-16H,5,8-11H2,1-2H3. The molecule has 1 aromatic carbocycles. The monoisotopic (exact) mass is 253 g/mol. The van der Waals surface area contributed by atoms with Gasteiger partial charge in [-0.2, -0.15) is 0 Å². The summed E-state index contributed by atoms with van der Waals surface area (Å²) in [5, 5.41) is 12.3. The van der Waals surface area contributed by atoms with E-state index in [2.05, 4.69) is 43.4 Å².